The van der Waals surface area contributed by atoms with E-state index in [2.05, 4.69) is 6.08 Å². The first-order valence-electron chi connectivity index (χ1n) is 5.44. The molecule has 1 aromatic rings. The molecule has 0 atom stereocenters. The van der Waals surface area contributed by atoms with Crippen molar-refractivity contribution in [1.29, 1.82) is 0 Å². The Bertz CT molecular complexity index is 370. The quantitative estimate of drug-likeness (QED) is 0.557. The summed E-state index contributed by atoms with van der Waals surface area (Å²) in [5.41, 5.74) is 2.01. The maximum atomic E-state index is 11.8. The van der Waals surface area contributed by atoms with Crippen LogP contribution in [0.2, 0.25) is 0 Å². The predicted octanol–water partition coefficient (Wildman–Crippen LogP) is 3.62. The monoisotopic (exact) mass is 218 g/mol. The first kappa shape index (κ1) is 12.5. The van der Waals surface area contributed by atoms with Crippen molar-refractivity contribution in [3.05, 3.63) is 41.5 Å². The molecule has 16 heavy (non-hydrogen) atoms. The van der Waals surface area contributed by atoms with E-state index < -0.39 is 0 Å². The number of carbonyl (C=O) groups is 1. The Morgan fingerprint density at radius 2 is 1.88 bits per heavy atom. The van der Waals surface area contributed by atoms with E-state index in [1.807, 2.05) is 38.1 Å². The summed E-state index contributed by atoms with van der Waals surface area (Å²) < 4.78 is 5.04. The van der Waals surface area contributed by atoms with Gasteiger partial charge in [-0.1, -0.05) is 11.6 Å². The molecule has 0 heterocycles. The lowest BCUT2D eigenvalue weighted by Crippen LogP contribution is -1.98. The fourth-order valence-electron chi connectivity index (χ4n) is 1.41. The predicted molar refractivity (Wildman–Crippen MR) is 66.0 cm³/mol. The van der Waals surface area contributed by atoms with Gasteiger partial charge in [-0.3, -0.25) is 4.79 Å². The van der Waals surface area contributed by atoms with Gasteiger partial charge in [-0.25, -0.2) is 0 Å². The van der Waals surface area contributed by atoms with Gasteiger partial charge in [-0.05, 0) is 44.5 Å². The van der Waals surface area contributed by atoms with Crippen LogP contribution in [0.15, 0.2) is 35.9 Å². The van der Waals surface area contributed by atoms with Gasteiger partial charge >= 0.3 is 0 Å². The Hall–Kier alpha value is -1.57. The molecule has 0 amide bonds. The number of benzene rings is 1. The Morgan fingerprint density at radius 3 is 2.38 bits per heavy atom. The molecule has 0 N–H and O–H groups in total. The number of ketones is 1. The lowest BCUT2D eigenvalue weighted by atomic mass is 10.1. The normalized spacial score (nSPS) is 9.69. The Labute approximate surface area is 96.9 Å². The molecule has 0 bridgehead atoms. The summed E-state index contributed by atoms with van der Waals surface area (Å²) in [5.74, 6) is 0.959. The molecule has 0 aromatic heterocycles. The van der Waals surface area contributed by atoms with E-state index in [1.165, 1.54) is 5.57 Å². The first-order valence-corrected chi connectivity index (χ1v) is 5.44. The van der Waals surface area contributed by atoms with E-state index >= 15 is 0 Å². The summed E-state index contributed by atoms with van der Waals surface area (Å²) in [6, 6.07) is 7.25. The number of Topliss-reactive ketones (excluding diaryl/α,β-unsaturated/α-hetero) is 1. The van der Waals surface area contributed by atoms with Crippen molar-refractivity contribution in [2.45, 2.75) is 26.7 Å². The van der Waals surface area contributed by atoms with Crippen LogP contribution in [-0.4, -0.2) is 12.9 Å². The fourth-order valence-corrected chi connectivity index (χ4v) is 1.41. The molecule has 1 aromatic carbocycles. The smallest absolute Gasteiger partial charge is 0.163 e. The second-order valence-electron chi connectivity index (χ2n) is 3.97. The summed E-state index contributed by atoms with van der Waals surface area (Å²) in [7, 11) is 1.62. The average Bonchev–Trinajstić information content (AvgIpc) is 2.28. The number of rotatable bonds is 5. The third-order valence-electron chi connectivity index (χ3n) is 2.34. The number of carbonyl (C=O) groups excluding carboxylic acids is 1. The van der Waals surface area contributed by atoms with Crippen LogP contribution in [0.1, 0.15) is 37.0 Å². The highest BCUT2D eigenvalue weighted by Gasteiger charge is 2.04. The zero-order valence-corrected chi connectivity index (χ0v) is 10.1. The highest BCUT2D eigenvalue weighted by molar-refractivity contribution is 5.96. The minimum absolute atomic E-state index is 0.181. The van der Waals surface area contributed by atoms with Crippen LogP contribution < -0.4 is 4.74 Å². The van der Waals surface area contributed by atoms with Gasteiger partial charge in [0.1, 0.15) is 5.75 Å². The SMILES string of the molecule is COc1ccc(C(=O)CCC=C(C)C)cc1. The van der Waals surface area contributed by atoms with Crippen molar-refractivity contribution in [2.75, 3.05) is 7.11 Å². The van der Waals surface area contributed by atoms with Gasteiger partial charge < -0.3 is 4.74 Å². The van der Waals surface area contributed by atoms with Crippen LogP contribution in [0.5, 0.6) is 5.75 Å². The van der Waals surface area contributed by atoms with Gasteiger partial charge in [0.25, 0.3) is 0 Å². The van der Waals surface area contributed by atoms with Crippen LogP contribution in [0.25, 0.3) is 0 Å². The zero-order valence-electron chi connectivity index (χ0n) is 10.1. The summed E-state index contributed by atoms with van der Waals surface area (Å²) in [5, 5.41) is 0. The third kappa shape index (κ3) is 3.89. The Morgan fingerprint density at radius 1 is 1.25 bits per heavy atom. The van der Waals surface area contributed by atoms with E-state index in [-0.39, 0.29) is 5.78 Å². The van der Waals surface area contributed by atoms with E-state index in [1.54, 1.807) is 7.11 Å². The van der Waals surface area contributed by atoms with E-state index in [0.717, 1.165) is 17.7 Å². The van der Waals surface area contributed by atoms with Gasteiger partial charge in [0, 0.05) is 12.0 Å². The number of hydrogen-bond acceptors (Lipinski definition) is 2. The number of methoxy groups -OCH3 is 1. The molecule has 2 heteroatoms. The van der Waals surface area contributed by atoms with Crippen molar-refractivity contribution >= 4 is 5.78 Å². The highest BCUT2D eigenvalue weighted by Crippen LogP contribution is 2.13. The van der Waals surface area contributed by atoms with Crippen LogP contribution in [0.3, 0.4) is 0 Å². The molecule has 0 unspecified atom stereocenters. The van der Waals surface area contributed by atoms with Crippen LogP contribution in [-0.2, 0) is 0 Å². The third-order valence-corrected chi connectivity index (χ3v) is 2.34. The van der Waals surface area contributed by atoms with Gasteiger partial charge in [-0.2, -0.15) is 0 Å². The molecule has 2 nitrogen and oxygen atoms in total. The second-order valence-corrected chi connectivity index (χ2v) is 3.97. The highest BCUT2D eigenvalue weighted by atomic mass is 16.5. The zero-order chi connectivity index (χ0) is 12.0. The number of hydrogen-bond donors (Lipinski definition) is 0. The summed E-state index contributed by atoms with van der Waals surface area (Å²) in [6.07, 6.45) is 3.46. The van der Waals surface area contributed by atoms with Crippen LogP contribution in [0, 0.1) is 0 Å². The largest absolute Gasteiger partial charge is 0.497 e. The average molecular weight is 218 g/mol. The molecule has 0 spiro atoms. The first-order chi connectivity index (χ1) is 7.63. The van der Waals surface area contributed by atoms with Crippen molar-refractivity contribution in [3.8, 4) is 5.75 Å². The molecule has 0 saturated heterocycles. The fraction of sp³-hybridized carbons (Fsp3) is 0.357. The van der Waals surface area contributed by atoms with E-state index in [9.17, 15) is 4.79 Å². The van der Waals surface area contributed by atoms with Crippen LogP contribution in [0.4, 0.5) is 0 Å². The van der Waals surface area contributed by atoms with Gasteiger partial charge in [0.2, 0.25) is 0 Å². The molecule has 1 rings (SSSR count). The molecule has 0 radical (unpaired) electrons. The molecule has 0 aliphatic heterocycles. The van der Waals surface area contributed by atoms with Gasteiger partial charge in [0.15, 0.2) is 5.78 Å². The lowest BCUT2D eigenvalue weighted by molar-refractivity contribution is 0.0983. The van der Waals surface area contributed by atoms with Crippen LogP contribution >= 0.6 is 0 Å². The lowest BCUT2D eigenvalue weighted by Gasteiger charge is -2.02. The summed E-state index contributed by atoms with van der Waals surface area (Å²) in [6.45, 7) is 4.08. The molecule has 0 aliphatic carbocycles. The molecule has 0 saturated carbocycles. The van der Waals surface area contributed by atoms with E-state index in [4.69, 9.17) is 4.74 Å². The Balaban J connectivity index is 2.56. The molecule has 86 valence electrons. The minimum atomic E-state index is 0.181. The maximum absolute atomic E-state index is 11.8. The topological polar surface area (TPSA) is 26.3 Å². The molecular formula is C14H18O2. The summed E-state index contributed by atoms with van der Waals surface area (Å²) in [4.78, 5) is 11.8. The van der Waals surface area contributed by atoms with Crippen molar-refractivity contribution in [3.63, 3.8) is 0 Å². The molecule has 0 aliphatic rings. The number of ether oxygens (including phenoxy) is 1. The standard InChI is InChI=1S/C14H18O2/c1-11(2)5-4-6-14(15)12-7-9-13(16-3)10-8-12/h5,7-10H,4,6H2,1-3H3. The number of allylic oxidation sites excluding steroid dienone is 2. The second kappa shape index (κ2) is 6.11. The van der Waals surface area contributed by atoms with Crippen molar-refractivity contribution in [1.82, 2.24) is 0 Å². The van der Waals surface area contributed by atoms with Gasteiger partial charge in [-0.15, -0.1) is 0 Å². The van der Waals surface area contributed by atoms with Gasteiger partial charge in [0.05, 0.1) is 7.11 Å². The molecule has 0 fully saturated rings. The van der Waals surface area contributed by atoms with E-state index in [0.29, 0.717) is 6.42 Å². The summed E-state index contributed by atoms with van der Waals surface area (Å²) >= 11 is 0. The molecular weight excluding hydrogens is 200 g/mol. The van der Waals surface area contributed by atoms with Crippen molar-refractivity contribution < 1.29 is 9.53 Å². The maximum Gasteiger partial charge on any atom is 0.163 e. The Kier molecular flexibility index (Phi) is 4.77. The van der Waals surface area contributed by atoms with Crippen molar-refractivity contribution in [2.24, 2.45) is 0 Å². The minimum Gasteiger partial charge on any atom is -0.497 e.